The highest BCUT2D eigenvalue weighted by atomic mass is 79.9. The van der Waals surface area contributed by atoms with Gasteiger partial charge in [-0.3, -0.25) is 0 Å². The van der Waals surface area contributed by atoms with Crippen molar-refractivity contribution in [2.75, 3.05) is 12.5 Å². The number of halogens is 1. The third kappa shape index (κ3) is 2.37. The van der Waals surface area contributed by atoms with Crippen LogP contribution in [0.2, 0.25) is 0 Å². The van der Waals surface area contributed by atoms with Crippen LogP contribution >= 0.6 is 16.1 Å². The van der Waals surface area contributed by atoms with Gasteiger partial charge in [-0.2, -0.15) is 4.03 Å². The molecular formula is C7H9BrN2. The average Bonchev–Trinajstić information content (AvgIpc) is 1.88. The summed E-state index contributed by atoms with van der Waals surface area (Å²) in [5.41, 5.74) is 4.13. The predicted molar refractivity (Wildman–Crippen MR) is 46.8 cm³/mol. The number of hydrogen-bond acceptors (Lipinski definition) is 2. The lowest BCUT2D eigenvalue weighted by molar-refractivity contribution is 0.711. The highest BCUT2D eigenvalue weighted by Crippen LogP contribution is 2.06. The molecule has 3 heteroatoms. The van der Waals surface area contributed by atoms with Crippen LogP contribution in [0.5, 0.6) is 0 Å². The fourth-order valence-corrected chi connectivity index (χ4v) is 0.895. The Morgan fingerprint density at radius 2 is 1.90 bits per heavy atom. The molecule has 0 saturated carbocycles. The SMILES string of the molecule is CN(Br)Nc1ccccc1. The van der Waals surface area contributed by atoms with Crippen LogP contribution in [0.25, 0.3) is 0 Å². The van der Waals surface area contributed by atoms with Gasteiger partial charge in [0.25, 0.3) is 0 Å². The molecule has 10 heavy (non-hydrogen) atoms. The van der Waals surface area contributed by atoms with E-state index in [-0.39, 0.29) is 0 Å². The van der Waals surface area contributed by atoms with Gasteiger partial charge in [0.2, 0.25) is 0 Å². The molecule has 0 aliphatic carbocycles. The van der Waals surface area contributed by atoms with Gasteiger partial charge in [-0.1, -0.05) is 18.2 Å². The predicted octanol–water partition coefficient (Wildman–Crippen LogP) is 2.26. The zero-order chi connectivity index (χ0) is 7.40. The van der Waals surface area contributed by atoms with E-state index in [9.17, 15) is 0 Å². The lowest BCUT2D eigenvalue weighted by Crippen LogP contribution is -2.12. The van der Waals surface area contributed by atoms with Crippen molar-refractivity contribution >= 4 is 21.8 Å². The maximum atomic E-state index is 3.23. The standard InChI is InChI=1S/C7H9BrN2/c1-10(8)9-7-5-3-2-4-6-7/h2-6,9H,1H3. The van der Waals surface area contributed by atoms with E-state index in [1.165, 1.54) is 0 Å². The number of rotatable bonds is 2. The summed E-state index contributed by atoms with van der Waals surface area (Å²) in [5.74, 6) is 0. The number of hydrogen-bond donors (Lipinski definition) is 1. The first-order valence-electron chi connectivity index (χ1n) is 3.00. The van der Waals surface area contributed by atoms with E-state index in [2.05, 4.69) is 21.6 Å². The summed E-state index contributed by atoms with van der Waals surface area (Å²) < 4.78 is 1.72. The molecule has 0 fully saturated rings. The summed E-state index contributed by atoms with van der Waals surface area (Å²) in [6.07, 6.45) is 0. The van der Waals surface area contributed by atoms with E-state index < -0.39 is 0 Å². The minimum Gasteiger partial charge on any atom is -0.309 e. The zero-order valence-electron chi connectivity index (χ0n) is 5.71. The molecule has 0 saturated heterocycles. The lowest BCUT2D eigenvalue weighted by Gasteiger charge is -2.09. The Labute approximate surface area is 69.2 Å². The first-order valence-corrected chi connectivity index (χ1v) is 3.71. The third-order valence-electron chi connectivity index (χ3n) is 1.06. The molecule has 1 aromatic carbocycles. The second-order valence-corrected chi connectivity index (χ2v) is 3.02. The van der Waals surface area contributed by atoms with Gasteiger partial charge in [0.15, 0.2) is 0 Å². The molecule has 0 amide bonds. The Morgan fingerprint density at radius 1 is 1.30 bits per heavy atom. The van der Waals surface area contributed by atoms with E-state index in [1.54, 1.807) is 4.03 Å². The van der Waals surface area contributed by atoms with Crippen molar-refractivity contribution in [3.05, 3.63) is 30.3 Å². The van der Waals surface area contributed by atoms with Gasteiger partial charge < -0.3 is 5.43 Å². The minimum absolute atomic E-state index is 1.07. The fourth-order valence-electron chi connectivity index (χ4n) is 0.691. The summed E-state index contributed by atoms with van der Waals surface area (Å²) in [4.78, 5) is 0. The van der Waals surface area contributed by atoms with Gasteiger partial charge in [-0.25, -0.2) is 0 Å². The Bertz CT molecular complexity index is 186. The van der Waals surface area contributed by atoms with Gasteiger partial charge in [-0.15, -0.1) is 0 Å². The number of benzene rings is 1. The molecule has 1 N–H and O–H groups in total. The molecule has 2 nitrogen and oxygen atoms in total. The molecule has 1 aromatic rings. The summed E-state index contributed by atoms with van der Waals surface area (Å²) in [6.45, 7) is 0. The maximum Gasteiger partial charge on any atom is 0.0498 e. The Kier molecular flexibility index (Phi) is 2.71. The molecule has 1 rings (SSSR count). The van der Waals surface area contributed by atoms with Gasteiger partial charge in [-0.05, 0) is 12.1 Å². The van der Waals surface area contributed by atoms with E-state index in [4.69, 9.17) is 0 Å². The molecule has 0 heterocycles. The quantitative estimate of drug-likeness (QED) is 0.583. The van der Waals surface area contributed by atoms with Crippen LogP contribution in [-0.2, 0) is 0 Å². The molecule has 0 aromatic heterocycles. The van der Waals surface area contributed by atoms with Crippen molar-refractivity contribution in [1.29, 1.82) is 0 Å². The number of hydrazine groups is 1. The van der Waals surface area contributed by atoms with Crippen LogP contribution < -0.4 is 5.43 Å². The number of para-hydroxylation sites is 1. The van der Waals surface area contributed by atoms with E-state index in [0.29, 0.717) is 0 Å². The van der Waals surface area contributed by atoms with E-state index in [1.807, 2.05) is 37.4 Å². The minimum atomic E-state index is 1.07. The summed E-state index contributed by atoms with van der Waals surface area (Å²) >= 11 is 3.23. The third-order valence-corrected chi connectivity index (χ3v) is 1.23. The summed E-state index contributed by atoms with van der Waals surface area (Å²) in [7, 11) is 1.88. The second kappa shape index (κ2) is 3.58. The summed E-state index contributed by atoms with van der Waals surface area (Å²) in [6, 6.07) is 9.95. The molecule has 0 aliphatic rings. The molecule has 0 unspecified atom stereocenters. The molecule has 0 spiro atoms. The molecular weight excluding hydrogens is 192 g/mol. The van der Waals surface area contributed by atoms with Crippen LogP contribution in [0.15, 0.2) is 30.3 Å². The fraction of sp³-hybridized carbons (Fsp3) is 0.143. The van der Waals surface area contributed by atoms with Crippen molar-refractivity contribution in [3.8, 4) is 0 Å². The van der Waals surface area contributed by atoms with Gasteiger partial charge >= 0.3 is 0 Å². The van der Waals surface area contributed by atoms with Crippen molar-refractivity contribution in [2.45, 2.75) is 0 Å². The van der Waals surface area contributed by atoms with E-state index >= 15 is 0 Å². The largest absolute Gasteiger partial charge is 0.309 e. The van der Waals surface area contributed by atoms with Crippen LogP contribution in [-0.4, -0.2) is 11.1 Å². The average molecular weight is 201 g/mol. The highest BCUT2D eigenvalue weighted by molar-refractivity contribution is 9.07. The van der Waals surface area contributed by atoms with Crippen molar-refractivity contribution < 1.29 is 0 Å². The van der Waals surface area contributed by atoms with Crippen LogP contribution in [0, 0.1) is 0 Å². The number of nitrogens with zero attached hydrogens (tertiary/aromatic N) is 1. The zero-order valence-corrected chi connectivity index (χ0v) is 7.30. The molecule has 54 valence electrons. The first kappa shape index (κ1) is 7.57. The van der Waals surface area contributed by atoms with Crippen LogP contribution in [0.1, 0.15) is 0 Å². The maximum absolute atomic E-state index is 3.23. The van der Waals surface area contributed by atoms with Crippen LogP contribution in [0.4, 0.5) is 5.69 Å². The van der Waals surface area contributed by atoms with Crippen molar-refractivity contribution in [1.82, 2.24) is 4.03 Å². The van der Waals surface area contributed by atoms with Crippen molar-refractivity contribution in [3.63, 3.8) is 0 Å². The molecule has 0 aliphatic heterocycles. The van der Waals surface area contributed by atoms with Gasteiger partial charge in [0.1, 0.15) is 0 Å². The summed E-state index contributed by atoms with van der Waals surface area (Å²) in [5, 5.41) is 0. The van der Waals surface area contributed by atoms with Crippen molar-refractivity contribution in [2.24, 2.45) is 0 Å². The Balaban J connectivity index is 2.59. The first-order chi connectivity index (χ1) is 4.79. The van der Waals surface area contributed by atoms with Crippen LogP contribution in [0.3, 0.4) is 0 Å². The topological polar surface area (TPSA) is 15.3 Å². The Hall–Kier alpha value is -0.540. The van der Waals surface area contributed by atoms with Gasteiger partial charge in [0, 0.05) is 28.9 Å². The number of anilines is 1. The monoisotopic (exact) mass is 200 g/mol. The normalized spacial score (nSPS) is 9.90. The van der Waals surface area contributed by atoms with Gasteiger partial charge in [0.05, 0.1) is 0 Å². The second-order valence-electron chi connectivity index (χ2n) is 1.95. The lowest BCUT2D eigenvalue weighted by atomic mass is 10.3. The number of nitrogens with one attached hydrogen (secondary N) is 1. The highest BCUT2D eigenvalue weighted by Gasteiger charge is 1.89. The molecule has 0 bridgehead atoms. The molecule has 0 atom stereocenters. The molecule has 0 radical (unpaired) electrons. The Morgan fingerprint density at radius 3 is 2.40 bits per heavy atom. The van der Waals surface area contributed by atoms with E-state index in [0.717, 1.165) is 5.69 Å². The smallest absolute Gasteiger partial charge is 0.0498 e.